The Morgan fingerprint density at radius 2 is 1.63 bits per heavy atom. The van der Waals surface area contributed by atoms with E-state index in [4.69, 9.17) is 0 Å². The quantitative estimate of drug-likeness (QED) is 0.816. The molecule has 1 amide bonds. The summed E-state index contributed by atoms with van der Waals surface area (Å²) in [6.45, 7) is 6.93. The second kappa shape index (κ2) is 7.85. The molecule has 0 radical (unpaired) electrons. The van der Waals surface area contributed by atoms with E-state index >= 15 is 0 Å². The number of rotatable bonds is 4. The van der Waals surface area contributed by atoms with Crippen LogP contribution in [0.1, 0.15) is 42.4 Å². The van der Waals surface area contributed by atoms with Crippen molar-refractivity contribution in [3.8, 4) is 0 Å². The van der Waals surface area contributed by atoms with Crippen molar-refractivity contribution in [1.82, 2.24) is 9.80 Å². The minimum atomic E-state index is -0.257. The highest BCUT2D eigenvalue weighted by Crippen LogP contribution is 2.45. The van der Waals surface area contributed by atoms with E-state index in [0.29, 0.717) is 5.91 Å². The van der Waals surface area contributed by atoms with E-state index in [0.717, 1.165) is 58.4 Å². The highest BCUT2D eigenvalue weighted by Gasteiger charge is 2.47. The van der Waals surface area contributed by atoms with Gasteiger partial charge in [0.15, 0.2) is 0 Å². The zero-order chi connectivity index (χ0) is 18.7. The molecule has 0 N–H and O–H groups in total. The van der Waals surface area contributed by atoms with E-state index in [1.165, 1.54) is 16.7 Å². The molecular formula is C24H30N2O. The molecule has 0 atom stereocenters. The highest BCUT2D eigenvalue weighted by atomic mass is 16.2. The number of hydrogen-bond donors (Lipinski definition) is 0. The van der Waals surface area contributed by atoms with Crippen LogP contribution in [0, 0.1) is 6.92 Å². The third kappa shape index (κ3) is 3.66. The molecule has 3 nitrogen and oxygen atoms in total. The van der Waals surface area contributed by atoms with Crippen molar-refractivity contribution in [3.63, 3.8) is 0 Å². The predicted molar refractivity (Wildman–Crippen MR) is 110 cm³/mol. The summed E-state index contributed by atoms with van der Waals surface area (Å²) in [5.41, 5.74) is 3.71. The van der Waals surface area contributed by atoms with E-state index < -0.39 is 0 Å². The van der Waals surface area contributed by atoms with Crippen molar-refractivity contribution in [3.05, 3.63) is 71.3 Å². The second-order valence-electron chi connectivity index (χ2n) is 8.15. The summed E-state index contributed by atoms with van der Waals surface area (Å²) in [6.07, 6.45) is 4.22. The molecule has 142 valence electrons. The summed E-state index contributed by atoms with van der Waals surface area (Å²) in [4.78, 5) is 18.1. The van der Waals surface area contributed by atoms with Crippen LogP contribution >= 0.6 is 0 Å². The van der Waals surface area contributed by atoms with Crippen LogP contribution in [0.25, 0.3) is 0 Å². The first-order valence-corrected chi connectivity index (χ1v) is 10.3. The first-order valence-electron chi connectivity index (χ1n) is 10.3. The molecular weight excluding hydrogens is 332 g/mol. The Labute approximate surface area is 163 Å². The van der Waals surface area contributed by atoms with Gasteiger partial charge in [0.05, 0.1) is 5.41 Å². The van der Waals surface area contributed by atoms with Gasteiger partial charge in [0.2, 0.25) is 5.91 Å². The number of nitrogens with zero attached hydrogens (tertiary/aromatic N) is 2. The molecule has 1 saturated heterocycles. The Morgan fingerprint density at radius 1 is 0.889 bits per heavy atom. The number of benzene rings is 2. The first kappa shape index (κ1) is 18.2. The third-order valence-electron chi connectivity index (χ3n) is 6.47. The molecule has 2 aromatic carbocycles. The van der Waals surface area contributed by atoms with Gasteiger partial charge in [0, 0.05) is 32.7 Å². The maximum Gasteiger partial charge on any atom is 0.233 e. The molecule has 4 rings (SSSR count). The summed E-state index contributed by atoms with van der Waals surface area (Å²) in [6, 6.07) is 19.1. The Kier molecular flexibility index (Phi) is 5.31. The largest absolute Gasteiger partial charge is 0.341 e. The summed E-state index contributed by atoms with van der Waals surface area (Å²) >= 11 is 0. The maximum atomic E-state index is 13.5. The Balaban J connectivity index is 1.43. The van der Waals surface area contributed by atoms with Gasteiger partial charge in [-0.2, -0.15) is 0 Å². The lowest BCUT2D eigenvalue weighted by molar-refractivity contribution is -0.140. The van der Waals surface area contributed by atoms with Gasteiger partial charge in [-0.1, -0.05) is 61.0 Å². The maximum absolute atomic E-state index is 13.5. The summed E-state index contributed by atoms with van der Waals surface area (Å²) in [7, 11) is 0. The van der Waals surface area contributed by atoms with E-state index in [1.54, 1.807) is 0 Å². The van der Waals surface area contributed by atoms with Gasteiger partial charge < -0.3 is 4.90 Å². The monoisotopic (exact) mass is 362 g/mol. The van der Waals surface area contributed by atoms with Gasteiger partial charge in [0.25, 0.3) is 0 Å². The second-order valence-corrected chi connectivity index (χ2v) is 8.15. The number of aryl methyl sites for hydroxylation is 1. The molecule has 0 unspecified atom stereocenters. The van der Waals surface area contributed by atoms with Gasteiger partial charge in [-0.05, 0) is 42.9 Å². The van der Waals surface area contributed by atoms with Crippen molar-refractivity contribution in [2.45, 2.75) is 44.6 Å². The van der Waals surface area contributed by atoms with Crippen LogP contribution in [0.2, 0.25) is 0 Å². The molecule has 1 heterocycles. The molecule has 2 fully saturated rings. The molecule has 0 aromatic heterocycles. The van der Waals surface area contributed by atoms with Crippen LogP contribution in [0.3, 0.4) is 0 Å². The SMILES string of the molecule is Cc1ccccc1CN1CCCN(C(=O)C2(c3ccccc3)CCC2)CC1. The zero-order valence-electron chi connectivity index (χ0n) is 16.4. The van der Waals surface area contributed by atoms with E-state index in [1.807, 2.05) is 6.07 Å². The fourth-order valence-corrected chi connectivity index (χ4v) is 4.58. The third-order valence-corrected chi connectivity index (χ3v) is 6.47. The summed E-state index contributed by atoms with van der Waals surface area (Å²) in [5.74, 6) is 0.359. The molecule has 1 aliphatic carbocycles. The average molecular weight is 363 g/mol. The van der Waals surface area contributed by atoms with Crippen LogP contribution in [0.5, 0.6) is 0 Å². The lowest BCUT2D eigenvalue weighted by Gasteiger charge is -2.44. The average Bonchev–Trinajstić information content (AvgIpc) is 2.89. The Hall–Kier alpha value is -2.13. The smallest absolute Gasteiger partial charge is 0.233 e. The fraction of sp³-hybridized carbons (Fsp3) is 0.458. The molecule has 2 aromatic rings. The normalized spacial score (nSPS) is 20.0. The topological polar surface area (TPSA) is 23.6 Å². The lowest BCUT2D eigenvalue weighted by atomic mass is 9.63. The van der Waals surface area contributed by atoms with Crippen LogP contribution < -0.4 is 0 Å². The molecule has 2 aliphatic rings. The minimum Gasteiger partial charge on any atom is -0.341 e. The van der Waals surface area contributed by atoms with Crippen molar-refractivity contribution in [1.29, 1.82) is 0 Å². The molecule has 1 aliphatic heterocycles. The van der Waals surface area contributed by atoms with Crippen molar-refractivity contribution < 1.29 is 4.79 Å². The predicted octanol–water partition coefficient (Wildman–Crippen LogP) is 4.15. The molecule has 27 heavy (non-hydrogen) atoms. The highest BCUT2D eigenvalue weighted by molar-refractivity contribution is 5.89. The van der Waals surface area contributed by atoms with Crippen LogP contribution in [0.15, 0.2) is 54.6 Å². The van der Waals surface area contributed by atoms with Gasteiger partial charge >= 0.3 is 0 Å². The van der Waals surface area contributed by atoms with Gasteiger partial charge in [-0.15, -0.1) is 0 Å². The number of carbonyl (C=O) groups is 1. The van der Waals surface area contributed by atoms with Gasteiger partial charge in [-0.3, -0.25) is 9.69 Å². The molecule has 3 heteroatoms. The van der Waals surface area contributed by atoms with E-state index in [9.17, 15) is 4.79 Å². The fourth-order valence-electron chi connectivity index (χ4n) is 4.58. The lowest BCUT2D eigenvalue weighted by Crippen LogP contribution is -2.51. The zero-order valence-corrected chi connectivity index (χ0v) is 16.4. The standard InChI is InChI=1S/C24H30N2O/c1-20-9-5-6-10-21(20)19-25-15-8-16-26(18-17-25)23(27)24(13-7-14-24)22-11-3-2-4-12-22/h2-6,9-12H,7-8,13-19H2,1H3. The van der Waals surface area contributed by atoms with Crippen LogP contribution in [-0.2, 0) is 16.8 Å². The molecule has 0 spiro atoms. The van der Waals surface area contributed by atoms with Crippen LogP contribution in [-0.4, -0.2) is 41.9 Å². The summed E-state index contributed by atoms with van der Waals surface area (Å²) in [5, 5.41) is 0. The minimum absolute atomic E-state index is 0.257. The van der Waals surface area contributed by atoms with E-state index in [2.05, 4.69) is 65.3 Å². The Morgan fingerprint density at radius 3 is 2.33 bits per heavy atom. The summed E-state index contributed by atoms with van der Waals surface area (Å²) < 4.78 is 0. The van der Waals surface area contributed by atoms with Gasteiger partial charge in [-0.25, -0.2) is 0 Å². The Bertz CT molecular complexity index is 782. The van der Waals surface area contributed by atoms with E-state index in [-0.39, 0.29) is 5.41 Å². The number of amides is 1. The number of hydrogen-bond acceptors (Lipinski definition) is 2. The van der Waals surface area contributed by atoms with Crippen LogP contribution in [0.4, 0.5) is 0 Å². The van der Waals surface area contributed by atoms with Crippen molar-refractivity contribution in [2.24, 2.45) is 0 Å². The number of carbonyl (C=O) groups excluding carboxylic acids is 1. The van der Waals surface area contributed by atoms with Crippen molar-refractivity contribution >= 4 is 5.91 Å². The van der Waals surface area contributed by atoms with Gasteiger partial charge in [0.1, 0.15) is 0 Å². The molecule has 0 bridgehead atoms. The van der Waals surface area contributed by atoms with Crippen molar-refractivity contribution in [2.75, 3.05) is 26.2 Å². The molecule has 1 saturated carbocycles. The first-order chi connectivity index (χ1) is 13.2.